The lowest BCUT2D eigenvalue weighted by Crippen LogP contribution is -2.35. The van der Waals surface area contributed by atoms with Gasteiger partial charge in [-0.1, -0.05) is 12.2 Å². The molecule has 94 valence electrons. The van der Waals surface area contributed by atoms with E-state index >= 15 is 0 Å². The Kier molecular flexibility index (Phi) is 5.10. The molecular weight excluding hydrogens is 248 g/mol. The van der Waals surface area contributed by atoms with Gasteiger partial charge in [-0.15, -0.1) is 0 Å². The summed E-state index contributed by atoms with van der Waals surface area (Å²) in [7, 11) is -1.70. The van der Waals surface area contributed by atoms with Crippen LogP contribution < -0.4 is 5.73 Å². The van der Waals surface area contributed by atoms with Crippen LogP contribution in [0.4, 0.5) is 0 Å². The SMILES string of the molecule is CN(CCC(N)=S)S(=O)(=O)CC1CCCO1. The third-order valence-electron chi connectivity index (χ3n) is 2.57. The first-order chi connectivity index (χ1) is 7.42. The molecule has 1 atom stereocenters. The van der Waals surface area contributed by atoms with E-state index in [0.717, 1.165) is 12.8 Å². The lowest BCUT2D eigenvalue weighted by molar-refractivity contribution is 0.126. The van der Waals surface area contributed by atoms with E-state index < -0.39 is 10.0 Å². The summed E-state index contributed by atoms with van der Waals surface area (Å²) in [5, 5.41) is 0. The second-order valence-corrected chi connectivity index (χ2v) is 6.60. The van der Waals surface area contributed by atoms with Crippen LogP contribution in [0, 0.1) is 0 Å². The normalized spacial score (nSPS) is 21.5. The summed E-state index contributed by atoms with van der Waals surface area (Å²) in [6.07, 6.45) is 2.02. The molecule has 0 aromatic rings. The van der Waals surface area contributed by atoms with Crippen LogP contribution in [0.3, 0.4) is 0 Å². The lowest BCUT2D eigenvalue weighted by atomic mass is 10.3. The molecule has 1 saturated heterocycles. The summed E-state index contributed by atoms with van der Waals surface area (Å²) in [4.78, 5) is 0.333. The van der Waals surface area contributed by atoms with E-state index in [9.17, 15) is 8.42 Å². The van der Waals surface area contributed by atoms with Crippen molar-refractivity contribution >= 4 is 27.2 Å². The molecule has 0 saturated carbocycles. The highest BCUT2D eigenvalue weighted by Crippen LogP contribution is 2.15. The third-order valence-corrected chi connectivity index (χ3v) is 4.70. The first-order valence-corrected chi connectivity index (χ1v) is 7.27. The highest BCUT2D eigenvalue weighted by molar-refractivity contribution is 7.89. The molecule has 7 heteroatoms. The van der Waals surface area contributed by atoms with Gasteiger partial charge in [0, 0.05) is 26.6 Å². The van der Waals surface area contributed by atoms with Gasteiger partial charge in [0.1, 0.15) is 0 Å². The molecule has 1 aliphatic heterocycles. The van der Waals surface area contributed by atoms with Gasteiger partial charge in [0.25, 0.3) is 0 Å². The van der Waals surface area contributed by atoms with Crippen LogP contribution in [0.5, 0.6) is 0 Å². The zero-order chi connectivity index (χ0) is 12.2. The average molecular weight is 266 g/mol. The van der Waals surface area contributed by atoms with Crippen LogP contribution in [-0.2, 0) is 14.8 Å². The molecule has 2 N–H and O–H groups in total. The highest BCUT2D eigenvalue weighted by atomic mass is 32.2. The van der Waals surface area contributed by atoms with Gasteiger partial charge in [-0.25, -0.2) is 12.7 Å². The molecule has 0 spiro atoms. The van der Waals surface area contributed by atoms with Gasteiger partial charge in [-0.2, -0.15) is 0 Å². The summed E-state index contributed by atoms with van der Waals surface area (Å²) in [6, 6.07) is 0. The van der Waals surface area contributed by atoms with Crippen molar-refractivity contribution in [1.82, 2.24) is 4.31 Å². The number of thiocarbonyl (C=S) groups is 1. The molecule has 1 aliphatic rings. The molecule has 0 radical (unpaired) electrons. The van der Waals surface area contributed by atoms with E-state index in [1.54, 1.807) is 7.05 Å². The van der Waals surface area contributed by atoms with Gasteiger partial charge in [0.2, 0.25) is 10.0 Å². The first kappa shape index (κ1) is 13.8. The summed E-state index contributed by atoms with van der Waals surface area (Å²) in [6.45, 7) is 1.00. The van der Waals surface area contributed by atoms with E-state index in [4.69, 9.17) is 22.7 Å². The van der Waals surface area contributed by atoms with E-state index in [-0.39, 0.29) is 11.9 Å². The van der Waals surface area contributed by atoms with Crippen LogP contribution in [-0.4, -0.2) is 49.8 Å². The van der Waals surface area contributed by atoms with E-state index in [1.165, 1.54) is 4.31 Å². The topological polar surface area (TPSA) is 72.6 Å². The Bertz CT molecular complexity index is 337. The molecule has 0 aromatic heterocycles. The molecule has 16 heavy (non-hydrogen) atoms. The van der Waals surface area contributed by atoms with Crippen molar-refractivity contribution in [1.29, 1.82) is 0 Å². The predicted molar refractivity (Wildman–Crippen MR) is 66.8 cm³/mol. The van der Waals surface area contributed by atoms with E-state index in [2.05, 4.69) is 0 Å². The maximum absolute atomic E-state index is 11.9. The average Bonchev–Trinajstić information content (AvgIpc) is 2.65. The fourth-order valence-corrected chi connectivity index (χ4v) is 2.99. The Morgan fingerprint density at radius 3 is 2.81 bits per heavy atom. The molecule has 0 bridgehead atoms. The smallest absolute Gasteiger partial charge is 0.216 e. The number of ether oxygens (including phenoxy) is 1. The third kappa shape index (κ3) is 4.32. The Morgan fingerprint density at radius 2 is 2.31 bits per heavy atom. The van der Waals surface area contributed by atoms with Crippen LogP contribution in [0.1, 0.15) is 19.3 Å². The van der Waals surface area contributed by atoms with Gasteiger partial charge in [0.05, 0.1) is 16.8 Å². The second-order valence-electron chi connectivity index (χ2n) is 3.95. The van der Waals surface area contributed by atoms with Crippen molar-refractivity contribution in [3.05, 3.63) is 0 Å². The number of hydrogen-bond donors (Lipinski definition) is 1. The van der Waals surface area contributed by atoms with Crippen molar-refractivity contribution in [3.8, 4) is 0 Å². The van der Waals surface area contributed by atoms with Crippen LogP contribution in [0.25, 0.3) is 0 Å². The Morgan fingerprint density at radius 1 is 1.62 bits per heavy atom. The molecule has 1 fully saturated rings. The molecular formula is C9H18N2O3S2. The van der Waals surface area contributed by atoms with Crippen LogP contribution in [0.15, 0.2) is 0 Å². The van der Waals surface area contributed by atoms with Gasteiger partial charge >= 0.3 is 0 Å². The zero-order valence-electron chi connectivity index (χ0n) is 9.39. The predicted octanol–water partition coefficient (Wildman–Crippen LogP) is 0.103. The van der Waals surface area contributed by atoms with Crippen molar-refractivity contribution in [2.45, 2.75) is 25.4 Å². The van der Waals surface area contributed by atoms with Crippen LogP contribution in [0.2, 0.25) is 0 Å². The minimum absolute atomic E-state index is 0.0564. The Balaban J connectivity index is 2.45. The highest BCUT2D eigenvalue weighted by Gasteiger charge is 2.26. The van der Waals surface area contributed by atoms with Crippen molar-refractivity contribution in [2.75, 3.05) is 26.0 Å². The maximum Gasteiger partial charge on any atom is 0.216 e. The number of hydrogen-bond acceptors (Lipinski definition) is 4. The van der Waals surface area contributed by atoms with Gasteiger partial charge in [-0.3, -0.25) is 0 Å². The monoisotopic (exact) mass is 266 g/mol. The summed E-state index contributed by atoms with van der Waals surface area (Å²) < 4.78 is 30.3. The van der Waals surface area contributed by atoms with Gasteiger partial charge < -0.3 is 10.5 Å². The van der Waals surface area contributed by atoms with Gasteiger partial charge in [0.15, 0.2) is 0 Å². The minimum Gasteiger partial charge on any atom is -0.393 e. The van der Waals surface area contributed by atoms with Gasteiger partial charge in [-0.05, 0) is 12.8 Å². The zero-order valence-corrected chi connectivity index (χ0v) is 11.0. The molecule has 1 rings (SSSR count). The second kappa shape index (κ2) is 5.90. The molecule has 0 aromatic carbocycles. The number of nitrogens with zero attached hydrogens (tertiary/aromatic N) is 1. The quantitative estimate of drug-likeness (QED) is 0.691. The van der Waals surface area contributed by atoms with Crippen molar-refractivity contribution in [2.24, 2.45) is 5.73 Å². The summed E-state index contributed by atoms with van der Waals surface area (Å²) in [5.41, 5.74) is 5.33. The van der Waals surface area contributed by atoms with E-state index in [1.807, 2.05) is 0 Å². The number of rotatable bonds is 6. The fraction of sp³-hybridized carbons (Fsp3) is 0.889. The van der Waals surface area contributed by atoms with E-state index in [0.29, 0.717) is 24.6 Å². The fourth-order valence-electron chi connectivity index (χ4n) is 1.54. The Hall–Kier alpha value is -0.240. The summed E-state index contributed by atoms with van der Waals surface area (Å²) in [5.74, 6) is 0.0564. The lowest BCUT2D eigenvalue weighted by Gasteiger charge is -2.18. The maximum atomic E-state index is 11.9. The largest absolute Gasteiger partial charge is 0.393 e. The number of sulfonamides is 1. The Labute approximate surface area is 102 Å². The molecule has 0 aliphatic carbocycles. The molecule has 1 unspecified atom stereocenters. The molecule has 0 amide bonds. The summed E-state index contributed by atoms with van der Waals surface area (Å²) >= 11 is 4.71. The van der Waals surface area contributed by atoms with Crippen molar-refractivity contribution < 1.29 is 13.2 Å². The first-order valence-electron chi connectivity index (χ1n) is 5.26. The molecule has 1 heterocycles. The van der Waals surface area contributed by atoms with Crippen LogP contribution >= 0.6 is 12.2 Å². The number of nitrogens with two attached hydrogens (primary N) is 1. The standard InChI is InChI=1S/C9H18N2O3S2/c1-11(5-4-9(10)15)16(12,13)7-8-3-2-6-14-8/h8H,2-7H2,1H3,(H2,10,15). The molecule has 5 nitrogen and oxygen atoms in total. The minimum atomic E-state index is -3.25. The van der Waals surface area contributed by atoms with Crippen molar-refractivity contribution in [3.63, 3.8) is 0 Å².